The third-order valence-electron chi connectivity index (χ3n) is 4.82. The van der Waals surface area contributed by atoms with Crippen LogP contribution in [0.1, 0.15) is 19.2 Å². The molecule has 1 aromatic carbocycles. The molecule has 1 saturated heterocycles. The lowest BCUT2D eigenvalue weighted by Gasteiger charge is -2.39. The van der Waals surface area contributed by atoms with E-state index in [2.05, 4.69) is 34.3 Å². The molecule has 2 aromatic rings. The summed E-state index contributed by atoms with van der Waals surface area (Å²) in [6, 6.07) is 7.61. The average Bonchev–Trinajstić information content (AvgIpc) is 3.01. The summed E-state index contributed by atoms with van der Waals surface area (Å²) >= 11 is 0. The number of rotatable bonds is 3. The molecule has 1 aromatic heterocycles. The number of aromatic nitrogens is 2. The number of benzene rings is 1. The molecule has 0 radical (unpaired) electrons. The number of hydrogen-bond donors (Lipinski definition) is 1. The first-order chi connectivity index (χ1) is 12.0. The molecule has 1 N–H and O–H groups in total. The van der Waals surface area contributed by atoms with Gasteiger partial charge in [-0.25, -0.2) is 4.79 Å². The van der Waals surface area contributed by atoms with Gasteiger partial charge in [0.25, 0.3) is 0 Å². The van der Waals surface area contributed by atoms with Gasteiger partial charge in [0.05, 0.1) is 5.69 Å². The van der Waals surface area contributed by atoms with E-state index in [1.165, 1.54) is 0 Å². The van der Waals surface area contributed by atoms with Crippen molar-refractivity contribution in [1.82, 2.24) is 19.9 Å². The van der Waals surface area contributed by atoms with Gasteiger partial charge in [0.15, 0.2) is 0 Å². The smallest absolute Gasteiger partial charge is 0.321 e. The molecular weight excluding hydrogens is 318 g/mol. The van der Waals surface area contributed by atoms with Gasteiger partial charge in [-0.05, 0) is 38.1 Å². The quantitative estimate of drug-likeness (QED) is 0.927. The fraction of sp³-hybridized carbons (Fsp3) is 0.500. The number of amides is 2. The van der Waals surface area contributed by atoms with Gasteiger partial charge < -0.3 is 19.6 Å². The van der Waals surface area contributed by atoms with Crippen LogP contribution in [0.25, 0.3) is 11.4 Å². The van der Waals surface area contributed by atoms with Gasteiger partial charge >= 0.3 is 6.03 Å². The highest BCUT2D eigenvalue weighted by molar-refractivity contribution is 5.93. The lowest BCUT2D eigenvalue weighted by molar-refractivity contribution is 0.113. The zero-order valence-electron chi connectivity index (χ0n) is 15.2. The van der Waals surface area contributed by atoms with Gasteiger partial charge in [-0.1, -0.05) is 24.2 Å². The number of urea groups is 1. The van der Waals surface area contributed by atoms with E-state index in [1.807, 2.05) is 36.2 Å². The number of aryl methyl sites for hydroxylation is 1. The third-order valence-corrected chi connectivity index (χ3v) is 4.82. The van der Waals surface area contributed by atoms with Crippen LogP contribution in [0, 0.1) is 12.8 Å². The molecule has 3 rings (SSSR count). The van der Waals surface area contributed by atoms with Gasteiger partial charge in [0.1, 0.15) is 0 Å². The van der Waals surface area contributed by atoms with Crippen LogP contribution >= 0.6 is 0 Å². The molecule has 25 heavy (non-hydrogen) atoms. The zero-order valence-corrected chi connectivity index (χ0v) is 15.2. The Balaban J connectivity index is 1.75. The highest BCUT2D eigenvalue weighted by Crippen LogP contribution is 2.26. The topological polar surface area (TPSA) is 74.5 Å². The first kappa shape index (κ1) is 17.4. The maximum Gasteiger partial charge on any atom is 0.321 e. The second-order valence-corrected chi connectivity index (χ2v) is 6.82. The maximum absolute atomic E-state index is 12.8. The Morgan fingerprint density at radius 3 is 2.84 bits per heavy atom. The molecular formula is C18H25N5O2. The largest absolute Gasteiger partial charge is 0.339 e. The molecule has 7 nitrogen and oxygen atoms in total. The van der Waals surface area contributed by atoms with Gasteiger partial charge in [0, 0.05) is 32.1 Å². The summed E-state index contributed by atoms with van der Waals surface area (Å²) in [5, 5.41) is 6.95. The SMILES string of the molecule is Cc1nc(-c2ccccc2NC(=O)N(C)[C@@H]2CCN(C)C[C@@H]2C)no1. The van der Waals surface area contributed by atoms with Crippen LogP contribution in [0.4, 0.5) is 10.5 Å². The molecule has 134 valence electrons. The molecule has 7 heteroatoms. The highest BCUT2D eigenvalue weighted by atomic mass is 16.5. The van der Waals surface area contributed by atoms with Crippen LogP contribution in [-0.2, 0) is 0 Å². The van der Waals surface area contributed by atoms with Crippen molar-refractivity contribution in [3.05, 3.63) is 30.2 Å². The molecule has 2 heterocycles. The van der Waals surface area contributed by atoms with E-state index in [0.717, 1.165) is 25.1 Å². The average molecular weight is 343 g/mol. The Morgan fingerprint density at radius 1 is 1.40 bits per heavy atom. The minimum absolute atomic E-state index is 0.117. The zero-order chi connectivity index (χ0) is 18.0. The van der Waals surface area contributed by atoms with Crippen molar-refractivity contribution in [2.75, 3.05) is 32.5 Å². The molecule has 0 spiro atoms. The molecule has 0 aliphatic carbocycles. The number of piperidine rings is 1. The van der Waals surface area contributed by atoms with Gasteiger partial charge in [-0.15, -0.1) is 0 Å². The fourth-order valence-electron chi connectivity index (χ4n) is 3.47. The number of nitrogens with zero attached hydrogens (tertiary/aromatic N) is 4. The third kappa shape index (κ3) is 3.82. The van der Waals surface area contributed by atoms with Crippen LogP contribution in [0.5, 0.6) is 0 Å². The molecule has 0 unspecified atom stereocenters. The van der Waals surface area contributed by atoms with Crippen molar-refractivity contribution >= 4 is 11.7 Å². The molecule has 1 aliphatic heterocycles. The van der Waals surface area contributed by atoms with E-state index in [9.17, 15) is 4.79 Å². The summed E-state index contributed by atoms with van der Waals surface area (Å²) in [4.78, 5) is 21.1. The predicted octanol–water partition coefficient (Wildman–Crippen LogP) is 2.85. The van der Waals surface area contributed by atoms with Crippen molar-refractivity contribution in [3.8, 4) is 11.4 Å². The minimum atomic E-state index is -0.117. The van der Waals surface area contributed by atoms with E-state index >= 15 is 0 Å². The van der Waals surface area contributed by atoms with Gasteiger partial charge in [-0.2, -0.15) is 4.98 Å². The first-order valence-electron chi connectivity index (χ1n) is 8.57. The second kappa shape index (κ2) is 7.23. The maximum atomic E-state index is 12.8. The van der Waals surface area contributed by atoms with E-state index in [1.54, 1.807) is 6.92 Å². The predicted molar refractivity (Wildman–Crippen MR) is 96.3 cm³/mol. The number of likely N-dealkylation sites (tertiary alicyclic amines) is 1. The number of nitrogens with one attached hydrogen (secondary N) is 1. The van der Waals surface area contributed by atoms with Crippen LogP contribution in [-0.4, -0.2) is 59.2 Å². The van der Waals surface area contributed by atoms with Crippen molar-refractivity contribution < 1.29 is 9.32 Å². The number of carbonyl (C=O) groups is 1. The fourth-order valence-corrected chi connectivity index (χ4v) is 3.47. The van der Waals surface area contributed by atoms with E-state index in [-0.39, 0.29) is 12.1 Å². The second-order valence-electron chi connectivity index (χ2n) is 6.82. The highest BCUT2D eigenvalue weighted by Gasteiger charge is 2.30. The number of hydrogen-bond acceptors (Lipinski definition) is 5. The van der Waals surface area contributed by atoms with Crippen molar-refractivity contribution in [2.45, 2.75) is 26.3 Å². The Morgan fingerprint density at radius 2 is 2.16 bits per heavy atom. The summed E-state index contributed by atoms with van der Waals surface area (Å²) in [5.41, 5.74) is 1.43. The van der Waals surface area contributed by atoms with Crippen LogP contribution in [0.3, 0.4) is 0 Å². The van der Waals surface area contributed by atoms with Gasteiger partial charge in [-0.3, -0.25) is 0 Å². The van der Waals surface area contributed by atoms with E-state index < -0.39 is 0 Å². The first-order valence-corrected chi connectivity index (χ1v) is 8.57. The Hall–Kier alpha value is -2.41. The number of para-hydroxylation sites is 1. The summed E-state index contributed by atoms with van der Waals surface area (Å²) in [6.07, 6.45) is 0.979. The molecule has 1 fully saturated rings. The number of anilines is 1. The molecule has 1 aliphatic rings. The minimum Gasteiger partial charge on any atom is -0.339 e. The Labute approximate surface area is 148 Å². The van der Waals surface area contributed by atoms with Crippen molar-refractivity contribution in [2.24, 2.45) is 5.92 Å². The van der Waals surface area contributed by atoms with Gasteiger partial charge in [0.2, 0.25) is 11.7 Å². The standard InChI is InChI=1S/C18H25N5O2/c1-12-11-22(3)10-9-16(12)23(4)18(24)20-15-8-6-5-7-14(15)17-19-13(2)25-21-17/h5-8,12,16H,9-11H2,1-4H3,(H,20,24)/t12-,16+/m0/s1. The summed E-state index contributed by atoms with van der Waals surface area (Å²) < 4.78 is 5.06. The molecule has 2 atom stereocenters. The van der Waals surface area contributed by atoms with E-state index in [4.69, 9.17) is 4.52 Å². The van der Waals surface area contributed by atoms with Crippen molar-refractivity contribution in [3.63, 3.8) is 0 Å². The summed E-state index contributed by atoms with van der Waals surface area (Å²) in [7, 11) is 3.98. The normalized spacial score (nSPS) is 21.1. The molecule has 2 amide bonds. The van der Waals surface area contributed by atoms with Crippen LogP contribution in [0.15, 0.2) is 28.8 Å². The monoisotopic (exact) mass is 343 g/mol. The lowest BCUT2D eigenvalue weighted by Crippen LogP contribution is -2.50. The van der Waals surface area contributed by atoms with Crippen LogP contribution in [0.2, 0.25) is 0 Å². The number of carbonyl (C=O) groups excluding carboxylic acids is 1. The Kier molecular flexibility index (Phi) is 5.03. The lowest BCUT2D eigenvalue weighted by atomic mass is 9.93. The summed E-state index contributed by atoms with van der Waals surface area (Å²) in [6.45, 7) is 5.94. The van der Waals surface area contributed by atoms with E-state index in [0.29, 0.717) is 23.3 Å². The molecule has 0 saturated carbocycles. The van der Waals surface area contributed by atoms with Crippen molar-refractivity contribution in [1.29, 1.82) is 0 Å². The summed E-state index contributed by atoms with van der Waals surface area (Å²) in [5.74, 6) is 1.40. The Bertz CT molecular complexity index is 745. The van der Waals surface area contributed by atoms with Crippen LogP contribution < -0.4 is 5.32 Å². The molecule has 0 bridgehead atoms.